The monoisotopic (exact) mass is 350 g/mol. The molecule has 1 aromatic carbocycles. The Morgan fingerprint density at radius 2 is 2.00 bits per heavy atom. The Kier molecular flexibility index (Phi) is 3.73. The second-order valence-electron chi connectivity index (χ2n) is 5.54. The normalized spacial score (nSPS) is 11.0. The fourth-order valence-electron chi connectivity index (χ4n) is 2.53. The standard InChI is InChI=1S/C17H14N6OS/c1-10-7-11(2)23(22-10)15-8-14(18-9-19-15)21-16(24)17-20-12-5-3-4-6-13(12)25-17/h3-9H,1-2H3,(H,18,19,21,24). The molecule has 7 nitrogen and oxygen atoms in total. The van der Waals surface area contributed by atoms with Crippen molar-refractivity contribution in [2.75, 3.05) is 5.32 Å². The van der Waals surface area contributed by atoms with Crippen LogP contribution in [0, 0.1) is 13.8 Å². The first-order chi connectivity index (χ1) is 12.1. The molecule has 3 heterocycles. The number of hydrogen-bond donors (Lipinski definition) is 1. The number of para-hydroxylation sites is 1. The van der Waals surface area contributed by atoms with E-state index in [1.165, 1.54) is 17.7 Å². The van der Waals surface area contributed by atoms with Gasteiger partial charge in [-0.15, -0.1) is 11.3 Å². The molecule has 124 valence electrons. The first-order valence-electron chi connectivity index (χ1n) is 7.63. The molecule has 4 aromatic rings. The molecular formula is C17H14N6OS. The van der Waals surface area contributed by atoms with Crippen molar-refractivity contribution in [1.29, 1.82) is 0 Å². The van der Waals surface area contributed by atoms with Gasteiger partial charge in [0.25, 0.3) is 5.91 Å². The molecule has 25 heavy (non-hydrogen) atoms. The summed E-state index contributed by atoms with van der Waals surface area (Å²) in [6, 6.07) is 11.3. The molecule has 0 unspecified atom stereocenters. The highest BCUT2D eigenvalue weighted by Gasteiger charge is 2.14. The summed E-state index contributed by atoms with van der Waals surface area (Å²) in [5.41, 5.74) is 2.67. The molecule has 4 rings (SSSR count). The Labute approximate surface area is 147 Å². The molecule has 8 heteroatoms. The van der Waals surface area contributed by atoms with Gasteiger partial charge in [0.2, 0.25) is 0 Å². The second kappa shape index (κ2) is 6.06. The Morgan fingerprint density at radius 1 is 1.16 bits per heavy atom. The van der Waals surface area contributed by atoms with Crippen molar-refractivity contribution in [3.63, 3.8) is 0 Å². The van der Waals surface area contributed by atoms with E-state index in [-0.39, 0.29) is 5.91 Å². The zero-order valence-corrected chi connectivity index (χ0v) is 14.4. The van der Waals surface area contributed by atoms with Crippen molar-refractivity contribution in [2.24, 2.45) is 0 Å². The highest BCUT2D eigenvalue weighted by atomic mass is 32.1. The minimum Gasteiger partial charge on any atom is -0.304 e. The molecule has 0 aliphatic heterocycles. The predicted octanol–water partition coefficient (Wildman–Crippen LogP) is 3.14. The number of aromatic nitrogens is 5. The van der Waals surface area contributed by atoms with Gasteiger partial charge >= 0.3 is 0 Å². The van der Waals surface area contributed by atoms with E-state index in [4.69, 9.17) is 0 Å². The largest absolute Gasteiger partial charge is 0.304 e. The van der Waals surface area contributed by atoms with Crippen LogP contribution < -0.4 is 5.32 Å². The number of nitrogens with zero attached hydrogens (tertiary/aromatic N) is 5. The number of aryl methyl sites for hydroxylation is 2. The fraction of sp³-hybridized carbons (Fsp3) is 0.118. The molecule has 1 N–H and O–H groups in total. The van der Waals surface area contributed by atoms with E-state index >= 15 is 0 Å². The first-order valence-corrected chi connectivity index (χ1v) is 8.44. The van der Waals surface area contributed by atoms with Crippen LogP contribution in [0.25, 0.3) is 16.0 Å². The van der Waals surface area contributed by atoms with Crippen molar-refractivity contribution >= 4 is 33.3 Å². The van der Waals surface area contributed by atoms with Crippen LogP contribution in [0.1, 0.15) is 21.2 Å². The van der Waals surface area contributed by atoms with Crippen molar-refractivity contribution in [3.8, 4) is 5.82 Å². The first kappa shape index (κ1) is 15.4. The third kappa shape index (κ3) is 2.99. The molecule has 0 saturated carbocycles. The average molecular weight is 350 g/mol. The van der Waals surface area contributed by atoms with E-state index in [0.717, 1.165) is 21.6 Å². The highest BCUT2D eigenvalue weighted by Crippen LogP contribution is 2.22. The van der Waals surface area contributed by atoms with Crippen molar-refractivity contribution in [2.45, 2.75) is 13.8 Å². The van der Waals surface area contributed by atoms with Crippen molar-refractivity contribution < 1.29 is 4.79 Å². The summed E-state index contributed by atoms with van der Waals surface area (Å²) in [7, 11) is 0. The number of amides is 1. The van der Waals surface area contributed by atoms with Crippen LogP contribution in [-0.2, 0) is 0 Å². The number of carbonyl (C=O) groups excluding carboxylic acids is 1. The van der Waals surface area contributed by atoms with Crippen LogP contribution in [0.3, 0.4) is 0 Å². The molecule has 0 aliphatic carbocycles. The predicted molar refractivity (Wildman–Crippen MR) is 96.2 cm³/mol. The van der Waals surface area contributed by atoms with Crippen LogP contribution in [0.2, 0.25) is 0 Å². The van der Waals surface area contributed by atoms with Gasteiger partial charge in [0.05, 0.1) is 15.9 Å². The molecule has 0 bridgehead atoms. The lowest BCUT2D eigenvalue weighted by Gasteiger charge is -2.06. The zero-order chi connectivity index (χ0) is 17.4. The van der Waals surface area contributed by atoms with Crippen LogP contribution in [0.15, 0.2) is 42.7 Å². The van der Waals surface area contributed by atoms with Gasteiger partial charge in [0.15, 0.2) is 10.8 Å². The van der Waals surface area contributed by atoms with Crippen LogP contribution in [0.4, 0.5) is 5.82 Å². The molecule has 0 saturated heterocycles. The van der Waals surface area contributed by atoms with E-state index < -0.39 is 0 Å². The maximum absolute atomic E-state index is 12.5. The molecule has 0 radical (unpaired) electrons. The molecule has 3 aromatic heterocycles. The molecule has 0 fully saturated rings. The summed E-state index contributed by atoms with van der Waals surface area (Å²) < 4.78 is 2.68. The van der Waals surface area contributed by atoms with Gasteiger partial charge in [-0.2, -0.15) is 5.10 Å². The SMILES string of the molecule is Cc1cc(C)n(-c2cc(NC(=O)c3nc4ccccc4s3)ncn2)n1. The summed E-state index contributed by atoms with van der Waals surface area (Å²) in [6.45, 7) is 3.86. The number of carbonyl (C=O) groups is 1. The van der Waals surface area contributed by atoms with Gasteiger partial charge in [-0.3, -0.25) is 4.79 Å². The van der Waals surface area contributed by atoms with Gasteiger partial charge in [0.1, 0.15) is 12.1 Å². The number of thiazole rings is 1. The second-order valence-corrected chi connectivity index (χ2v) is 6.57. The summed E-state index contributed by atoms with van der Waals surface area (Å²) in [5.74, 6) is 0.709. The Balaban J connectivity index is 1.61. The fourth-order valence-corrected chi connectivity index (χ4v) is 3.39. The molecule has 0 aliphatic rings. The Hall–Kier alpha value is -3.13. The summed E-state index contributed by atoms with van der Waals surface area (Å²) in [6.07, 6.45) is 1.40. The average Bonchev–Trinajstić information content (AvgIpc) is 3.18. The third-order valence-electron chi connectivity index (χ3n) is 3.61. The summed E-state index contributed by atoms with van der Waals surface area (Å²) in [4.78, 5) is 25.1. The van der Waals surface area contributed by atoms with E-state index in [2.05, 4.69) is 25.4 Å². The molecule has 0 spiro atoms. The maximum Gasteiger partial charge on any atom is 0.285 e. The molecule has 0 atom stereocenters. The van der Waals surface area contributed by atoms with Gasteiger partial charge in [-0.25, -0.2) is 19.6 Å². The van der Waals surface area contributed by atoms with E-state index in [1.54, 1.807) is 10.7 Å². The van der Waals surface area contributed by atoms with Gasteiger partial charge in [0, 0.05) is 11.8 Å². The minimum atomic E-state index is -0.292. The van der Waals surface area contributed by atoms with E-state index in [9.17, 15) is 4.79 Å². The van der Waals surface area contributed by atoms with E-state index in [0.29, 0.717) is 16.6 Å². The quantitative estimate of drug-likeness (QED) is 0.613. The van der Waals surface area contributed by atoms with Crippen LogP contribution >= 0.6 is 11.3 Å². The lowest BCUT2D eigenvalue weighted by atomic mass is 10.3. The number of nitrogens with one attached hydrogen (secondary N) is 1. The maximum atomic E-state index is 12.5. The summed E-state index contributed by atoms with van der Waals surface area (Å²) >= 11 is 1.35. The lowest BCUT2D eigenvalue weighted by molar-refractivity contribution is 0.102. The number of rotatable bonds is 3. The number of benzene rings is 1. The number of anilines is 1. The highest BCUT2D eigenvalue weighted by molar-refractivity contribution is 7.20. The van der Waals surface area contributed by atoms with Crippen molar-refractivity contribution in [3.05, 3.63) is 59.1 Å². The van der Waals surface area contributed by atoms with Gasteiger partial charge < -0.3 is 5.32 Å². The Bertz CT molecular complexity index is 1050. The van der Waals surface area contributed by atoms with E-state index in [1.807, 2.05) is 44.2 Å². The van der Waals surface area contributed by atoms with Gasteiger partial charge in [-0.05, 0) is 32.0 Å². The lowest BCUT2D eigenvalue weighted by Crippen LogP contribution is -2.13. The zero-order valence-electron chi connectivity index (χ0n) is 13.6. The number of fused-ring (bicyclic) bond motifs is 1. The smallest absolute Gasteiger partial charge is 0.285 e. The molecular weight excluding hydrogens is 336 g/mol. The van der Waals surface area contributed by atoms with Crippen LogP contribution in [-0.4, -0.2) is 30.6 Å². The number of hydrogen-bond acceptors (Lipinski definition) is 6. The Morgan fingerprint density at radius 3 is 2.76 bits per heavy atom. The van der Waals surface area contributed by atoms with Crippen molar-refractivity contribution in [1.82, 2.24) is 24.7 Å². The van der Waals surface area contributed by atoms with Crippen LogP contribution in [0.5, 0.6) is 0 Å². The topological polar surface area (TPSA) is 85.6 Å². The summed E-state index contributed by atoms with van der Waals surface area (Å²) in [5, 5.41) is 7.56. The minimum absolute atomic E-state index is 0.292. The third-order valence-corrected chi connectivity index (χ3v) is 4.64. The molecule has 1 amide bonds. The van der Waals surface area contributed by atoms with Gasteiger partial charge in [-0.1, -0.05) is 12.1 Å².